The standard InChI is InChI=1S/C18H28N4O2/c23-18(8-7-15-13-5-1-2-6-14(13)20-21-15)19-16-11-24-12-17(16)22-9-3-4-10-22/h16-17H,1-12H2,(H,19,23)(H,20,21)/t16-,17-/m1/s1. The van der Waals surface area contributed by atoms with Crippen LogP contribution in [0.3, 0.4) is 0 Å². The lowest BCUT2D eigenvalue weighted by Crippen LogP contribution is -2.50. The van der Waals surface area contributed by atoms with E-state index in [2.05, 4.69) is 20.4 Å². The second-order valence-corrected chi connectivity index (χ2v) is 7.36. The molecule has 2 N–H and O–H groups in total. The second kappa shape index (κ2) is 7.23. The molecular weight excluding hydrogens is 304 g/mol. The Hall–Kier alpha value is -1.40. The molecule has 1 aliphatic carbocycles. The van der Waals surface area contributed by atoms with Gasteiger partial charge in [-0.2, -0.15) is 5.10 Å². The Morgan fingerprint density at radius 1 is 1.21 bits per heavy atom. The van der Waals surface area contributed by atoms with Crippen molar-refractivity contribution in [2.75, 3.05) is 26.3 Å². The number of ether oxygens (including phenoxy) is 1. The monoisotopic (exact) mass is 332 g/mol. The SMILES string of the molecule is O=C(CCc1n[nH]c2c1CCCC2)N[C@@H]1COC[C@H]1N1CCCC1. The number of nitrogens with zero attached hydrogens (tertiary/aromatic N) is 2. The van der Waals surface area contributed by atoms with Gasteiger partial charge in [-0.15, -0.1) is 0 Å². The van der Waals surface area contributed by atoms with Crippen LogP contribution in [0.15, 0.2) is 0 Å². The van der Waals surface area contributed by atoms with Crippen LogP contribution >= 0.6 is 0 Å². The topological polar surface area (TPSA) is 70.2 Å². The number of aromatic amines is 1. The first-order valence-corrected chi connectivity index (χ1v) is 9.47. The van der Waals surface area contributed by atoms with Crippen LogP contribution in [0.5, 0.6) is 0 Å². The molecule has 0 radical (unpaired) electrons. The lowest BCUT2D eigenvalue weighted by Gasteiger charge is -2.27. The molecule has 6 heteroatoms. The summed E-state index contributed by atoms with van der Waals surface area (Å²) in [7, 11) is 0. The Morgan fingerprint density at radius 2 is 2.04 bits per heavy atom. The summed E-state index contributed by atoms with van der Waals surface area (Å²) in [6.45, 7) is 3.67. The maximum atomic E-state index is 12.4. The van der Waals surface area contributed by atoms with Gasteiger partial charge in [-0.25, -0.2) is 0 Å². The van der Waals surface area contributed by atoms with Gasteiger partial charge in [-0.05, 0) is 57.2 Å². The molecule has 0 saturated carbocycles. The highest BCUT2D eigenvalue weighted by Crippen LogP contribution is 2.23. The van der Waals surface area contributed by atoms with E-state index in [1.165, 1.54) is 36.9 Å². The summed E-state index contributed by atoms with van der Waals surface area (Å²) in [5.74, 6) is 0.127. The van der Waals surface area contributed by atoms with Gasteiger partial charge in [0.2, 0.25) is 5.91 Å². The van der Waals surface area contributed by atoms with Crippen LogP contribution in [0, 0.1) is 0 Å². The number of H-pyrrole nitrogens is 1. The summed E-state index contributed by atoms with van der Waals surface area (Å²) < 4.78 is 5.63. The van der Waals surface area contributed by atoms with E-state index in [1.807, 2.05) is 0 Å². The quantitative estimate of drug-likeness (QED) is 0.850. The molecule has 1 aromatic heterocycles. The largest absolute Gasteiger partial charge is 0.378 e. The van der Waals surface area contributed by atoms with Gasteiger partial charge in [0.25, 0.3) is 0 Å². The minimum atomic E-state index is 0.127. The smallest absolute Gasteiger partial charge is 0.220 e. The van der Waals surface area contributed by atoms with E-state index in [9.17, 15) is 4.79 Å². The average Bonchev–Trinajstić information content (AvgIpc) is 3.33. The van der Waals surface area contributed by atoms with Crippen LogP contribution in [0.2, 0.25) is 0 Å². The Morgan fingerprint density at radius 3 is 2.92 bits per heavy atom. The maximum Gasteiger partial charge on any atom is 0.220 e. The molecule has 4 rings (SSSR count). The Balaban J connectivity index is 1.29. The van der Waals surface area contributed by atoms with E-state index in [1.54, 1.807) is 0 Å². The van der Waals surface area contributed by atoms with Crippen LogP contribution < -0.4 is 5.32 Å². The van der Waals surface area contributed by atoms with E-state index in [4.69, 9.17) is 4.74 Å². The summed E-state index contributed by atoms with van der Waals surface area (Å²) in [6, 6.07) is 0.498. The van der Waals surface area contributed by atoms with Crippen molar-refractivity contribution in [3.63, 3.8) is 0 Å². The fraction of sp³-hybridized carbons (Fsp3) is 0.778. The zero-order valence-corrected chi connectivity index (χ0v) is 14.4. The number of aromatic nitrogens is 2. The summed E-state index contributed by atoms with van der Waals surface area (Å²) in [4.78, 5) is 14.9. The molecular formula is C18H28N4O2. The van der Waals surface area contributed by atoms with Gasteiger partial charge in [-0.3, -0.25) is 14.8 Å². The van der Waals surface area contributed by atoms with Crippen molar-refractivity contribution in [2.24, 2.45) is 0 Å². The summed E-state index contributed by atoms with van der Waals surface area (Å²) in [6.07, 6.45) is 8.47. The predicted molar refractivity (Wildman–Crippen MR) is 90.9 cm³/mol. The molecule has 24 heavy (non-hydrogen) atoms. The third kappa shape index (κ3) is 3.35. The minimum absolute atomic E-state index is 0.127. The second-order valence-electron chi connectivity index (χ2n) is 7.36. The number of likely N-dealkylation sites (tertiary alicyclic amines) is 1. The molecule has 0 spiro atoms. The number of hydrogen-bond donors (Lipinski definition) is 2. The van der Waals surface area contributed by atoms with Gasteiger partial charge >= 0.3 is 0 Å². The van der Waals surface area contributed by atoms with E-state index in [0.717, 1.165) is 44.7 Å². The molecule has 1 aromatic rings. The molecule has 2 atom stereocenters. The molecule has 0 unspecified atom stereocenters. The third-order valence-corrected chi connectivity index (χ3v) is 5.74. The number of carbonyl (C=O) groups is 1. The summed E-state index contributed by atoms with van der Waals surface area (Å²) in [5, 5.41) is 10.8. The van der Waals surface area contributed by atoms with Crippen molar-refractivity contribution >= 4 is 5.91 Å². The number of fused-ring (bicyclic) bond motifs is 1. The first kappa shape index (κ1) is 16.1. The Kier molecular flexibility index (Phi) is 4.85. The van der Waals surface area contributed by atoms with Gasteiger partial charge in [0.15, 0.2) is 0 Å². The molecule has 2 saturated heterocycles. The Bertz CT molecular complexity index is 580. The molecule has 132 valence electrons. The van der Waals surface area contributed by atoms with E-state index in [0.29, 0.717) is 19.1 Å². The predicted octanol–water partition coefficient (Wildman–Crippen LogP) is 1.20. The normalized spacial score (nSPS) is 27.3. The number of amides is 1. The fourth-order valence-corrected chi connectivity index (χ4v) is 4.38. The molecule has 2 aliphatic heterocycles. The van der Waals surface area contributed by atoms with Gasteiger partial charge in [0.1, 0.15) is 0 Å². The number of carbonyl (C=O) groups excluding carboxylic acids is 1. The van der Waals surface area contributed by atoms with Crippen LogP contribution in [-0.4, -0.2) is 59.4 Å². The Labute approximate surface area is 143 Å². The highest BCUT2D eigenvalue weighted by molar-refractivity contribution is 5.76. The molecule has 1 amide bonds. The van der Waals surface area contributed by atoms with Crippen molar-refractivity contribution in [1.29, 1.82) is 0 Å². The van der Waals surface area contributed by atoms with Crippen molar-refractivity contribution in [3.8, 4) is 0 Å². The number of rotatable bonds is 5. The van der Waals surface area contributed by atoms with E-state index in [-0.39, 0.29) is 11.9 Å². The van der Waals surface area contributed by atoms with Crippen molar-refractivity contribution in [2.45, 2.75) is 63.5 Å². The van der Waals surface area contributed by atoms with Crippen molar-refractivity contribution < 1.29 is 9.53 Å². The zero-order chi connectivity index (χ0) is 16.4. The third-order valence-electron chi connectivity index (χ3n) is 5.74. The van der Waals surface area contributed by atoms with Gasteiger partial charge < -0.3 is 10.1 Å². The van der Waals surface area contributed by atoms with Crippen LogP contribution in [-0.2, 0) is 28.8 Å². The van der Waals surface area contributed by atoms with E-state index < -0.39 is 0 Å². The molecule has 0 aromatic carbocycles. The average molecular weight is 332 g/mol. The number of nitrogens with one attached hydrogen (secondary N) is 2. The zero-order valence-electron chi connectivity index (χ0n) is 14.4. The highest BCUT2D eigenvalue weighted by Gasteiger charge is 2.35. The van der Waals surface area contributed by atoms with Crippen LogP contribution in [0.1, 0.15) is 49.1 Å². The van der Waals surface area contributed by atoms with Crippen LogP contribution in [0.25, 0.3) is 0 Å². The van der Waals surface area contributed by atoms with Crippen molar-refractivity contribution in [1.82, 2.24) is 20.4 Å². The van der Waals surface area contributed by atoms with E-state index >= 15 is 0 Å². The van der Waals surface area contributed by atoms with Gasteiger partial charge in [0.05, 0.1) is 31.0 Å². The summed E-state index contributed by atoms with van der Waals surface area (Å²) >= 11 is 0. The lowest BCUT2D eigenvalue weighted by molar-refractivity contribution is -0.122. The lowest BCUT2D eigenvalue weighted by atomic mass is 9.94. The number of hydrogen-bond acceptors (Lipinski definition) is 4. The molecule has 0 bridgehead atoms. The molecule has 6 nitrogen and oxygen atoms in total. The first-order chi connectivity index (χ1) is 11.8. The van der Waals surface area contributed by atoms with Gasteiger partial charge in [-0.1, -0.05) is 0 Å². The van der Waals surface area contributed by atoms with Gasteiger partial charge in [0, 0.05) is 18.5 Å². The molecule has 3 heterocycles. The fourth-order valence-electron chi connectivity index (χ4n) is 4.38. The number of aryl methyl sites for hydroxylation is 2. The summed E-state index contributed by atoms with van der Waals surface area (Å²) in [5.41, 5.74) is 3.75. The highest BCUT2D eigenvalue weighted by atomic mass is 16.5. The first-order valence-electron chi connectivity index (χ1n) is 9.47. The minimum Gasteiger partial charge on any atom is -0.378 e. The molecule has 2 fully saturated rings. The molecule has 3 aliphatic rings. The van der Waals surface area contributed by atoms with Crippen molar-refractivity contribution in [3.05, 3.63) is 17.0 Å². The van der Waals surface area contributed by atoms with Crippen LogP contribution in [0.4, 0.5) is 0 Å². The maximum absolute atomic E-state index is 12.4.